The molecule has 9 heteroatoms. The van der Waals surface area contributed by atoms with Crippen molar-refractivity contribution in [2.75, 3.05) is 17.7 Å². The number of carbonyl (C=O) groups excluding carboxylic acids is 2. The molecule has 30 heavy (non-hydrogen) atoms. The number of nitrogens with one attached hydrogen (secondary N) is 2. The van der Waals surface area contributed by atoms with Crippen LogP contribution in [0.15, 0.2) is 53.9 Å². The van der Waals surface area contributed by atoms with E-state index in [0.717, 1.165) is 11.4 Å². The van der Waals surface area contributed by atoms with Crippen LogP contribution in [0.25, 0.3) is 0 Å². The van der Waals surface area contributed by atoms with Gasteiger partial charge in [0.1, 0.15) is 18.8 Å². The van der Waals surface area contributed by atoms with E-state index in [1.54, 1.807) is 37.4 Å². The fourth-order valence-corrected chi connectivity index (χ4v) is 3.13. The number of methoxy groups -OCH3 is 1. The molecule has 0 spiro atoms. The molecule has 0 aliphatic heterocycles. The fraction of sp³-hybridized carbons (Fsp3) is 0.143. The van der Waals surface area contributed by atoms with Crippen LogP contribution >= 0.6 is 11.3 Å². The van der Waals surface area contributed by atoms with Crippen LogP contribution in [0.1, 0.15) is 22.5 Å². The van der Waals surface area contributed by atoms with Crippen LogP contribution in [0.4, 0.5) is 16.5 Å². The quantitative estimate of drug-likeness (QED) is 0.525. The average molecular weight is 422 g/mol. The first-order chi connectivity index (χ1) is 14.6. The number of amides is 1. The highest BCUT2D eigenvalue weighted by molar-refractivity contribution is 7.13. The molecular weight excluding hydrogens is 404 g/mol. The summed E-state index contributed by atoms with van der Waals surface area (Å²) in [6, 6.07) is 15.5. The highest BCUT2D eigenvalue weighted by atomic mass is 32.1. The van der Waals surface area contributed by atoms with Crippen molar-refractivity contribution in [3.63, 3.8) is 0 Å². The van der Waals surface area contributed by atoms with E-state index in [2.05, 4.69) is 15.6 Å². The van der Waals surface area contributed by atoms with Crippen LogP contribution in [0.3, 0.4) is 0 Å². The van der Waals surface area contributed by atoms with E-state index in [-0.39, 0.29) is 13.0 Å². The molecular formula is C21H18N4O4S. The Morgan fingerprint density at radius 3 is 2.47 bits per heavy atom. The normalized spacial score (nSPS) is 10.0. The molecule has 0 unspecified atom stereocenters. The zero-order chi connectivity index (χ0) is 21.3. The molecule has 0 bridgehead atoms. The van der Waals surface area contributed by atoms with Crippen LogP contribution < -0.4 is 15.4 Å². The SMILES string of the molecule is COc1ccc(Nc2nc(COC(=O)c3ccc(NC(=O)CC#N)cc3)cs2)cc1. The monoisotopic (exact) mass is 422 g/mol. The van der Waals surface area contributed by atoms with E-state index in [1.807, 2.05) is 29.6 Å². The number of anilines is 3. The number of aromatic nitrogens is 1. The van der Waals surface area contributed by atoms with Crippen molar-refractivity contribution in [3.05, 3.63) is 65.2 Å². The fourth-order valence-electron chi connectivity index (χ4n) is 2.42. The van der Waals surface area contributed by atoms with Crippen LogP contribution in [-0.4, -0.2) is 24.0 Å². The molecule has 0 saturated carbocycles. The minimum Gasteiger partial charge on any atom is -0.497 e. The Morgan fingerprint density at radius 1 is 1.10 bits per heavy atom. The van der Waals surface area contributed by atoms with E-state index < -0.39 is 11.9 Å². The van der Waals surface area contributed by atoms with E-state index in [4.69, 9.17) is 14.7 Å². The van der Waals surface area contributed by atoms with Crippen LogP contribution in [0.2, 0.25) is 0 Å². The van der Waals surface area contributed by atoms with Gasteiger partial charge < -0.3 is 20.1 Å². The number of thiazole rings is 1. The van der Waals surface area contributed by atoms with Gasteiger partial charge in [-0.25, -0.2) is 9.78 Å². The Morgan fingerprint density at radius 2 is 1.80 bits per heavy atom. The summed E-state index contributed by atoms with van der Waals surface area (Å²) < 4.78 is 10.4. The molecule has 1 aromatic heterocycles. The Bertz CT molecular complexity index is 1060. The average Bonchev–Trinajstić information content (AvgIpc) is 3.20. The van der Waals surface area contributed by atoms with E-state index in [0.29, 0.717) is 22.1 Å². The zero-order valence-corrected chi connectivity index (χ0v) is 16.9. The summed E-state index contributed by atoms with van der Waals surface area (Å²) in [7, 11) is 1.61. The molecule has 0 fully saturated rings. The summed E-state index contributed by atoms with van der Waals surface area (Å²) in [5, 5.41) is 16.7. The number of benzene rings is 2. The molecule has 3 rings (SSSR count). The maximum absolute atomic E-state index is 12.2. The highest BCUT2D eigenvalue weighted by Crippen LogP contribution is 2.23. The summed E-state index contributed by atoms with van der Waals surface area (Å²) in [5.74, 6) is -0.136. The third-order valence-electron chi connectivity index (χ3n) is 3.89. The van der Waals surface area contributed by atoms with Gasteiger partial charge in [0, 0.05) is 16.8 Å². The number of nitrogens with zero attached hydrogens (tertiary/aromatic N) is 2. The largest absolute Gasteiger partial charge is 0.497 e. The molecule has 3 aromatic rings. The predicted molar refractivity (Wildman–Crippen MR) is 113 cm³/mol. The van der Waals surface area contributed by atoms with Crippen molar-refractivity contribution in [3.8, 4) is 11.8 Å². The minimum atomic E-state index is -0.498. The van der Waals surface area contributed by atoms with Crippen molar-refractivity contribution in [1.82, 2.24) is 4.98 Å². The van der Waals surface area contributed by atoms with Gasteiger partial charge in [-0.05, 0) is 48.5 Å². The third kappa shape index (κ3) is 5.80. The number of carbonyl (C=O) groups is 2. The van der Waals surface area contributed by atoms with Crippen molar-refractivity contribution in [1.29, 1.82) is 5.26 Å². The summed E-state index contributed by atoms with van der Waals surface area (Å²) in [6.45, 7) is 0.0419. The molecule has 1 heterocycles. The molecule has 2 aromatic carbocycles. The second-order valence-electron chi connectivity index (χ2n) is 6.03. The van der Waals surface area contributed by atoms with E-state index >= 15 is 0 Å². The standard InChI is InChI=1S/C21H18N4O4S/c1-28-18-8-6-16(7-9-18)24-21-25-17(13-30-21)12-29-20(27)14-2-4-15(5-3-14)23-19(26)10-11-22/h2-9,13H,10,12H2,1H3,(H,23,26)(H,24,25). The lowest BCUT2D eigenvalue weighted by molar-refractivity contribution is -0.115. The van der Waals surface area contributed by atoms with Crippen molar-refractivity contribution in [2.24, 2.45) is 0 Å². The molecule has 0 aliphatic rings. The second-order valence-corrected chi connectivity index (χ2v) is 6.89. The van der Waals surface area contributed by atoms with Gasteiger partial charge in [-0.1, -0.05) is 0 Å². The van der Waals surface area contributed by atoms with Crippen LogP contribution in [0.5, 0.6) is 5.75 Å². The van der Waals surface area contributed by atoms with E-state index in [9.17, 15) is 9.59 Å². The first kappa shape index (κ1) is 20.8. The van der Waals surface area contributed by atoms with Gasteiger partial charge in [0.05, 0.1) is 24.4 Å². The Labute approximate surface area is 177 Å². The molecule has 0 saturated heterocycles. The maximum Gasteiger partial charge on any atom is 0.338 e. The number of hydrogen-bond donors (Lipinski definition) is 2. The minimum absolute atomic E-state index is 0.0419. The lowest BCUT2D eigenvalue weighted by Gasteiger charge is -2.06. The molecule has 1 amide bonds. The topological polar surface area (TPSA) is 113 Å². The van der Waals surface area contributed by atoms with Gasteiger partial charge in [0.25, 0.3) is 0 Å². The van der Waals surface area contributed by atoms with Gasteiger partial charge in [-0.15, -0.1) is 11.3 Å². The molecule has 8 nitrogen and oxygen atoms in total. The van der Waals surface area contributed by atoms with Gasteiger partial charge in [0.2, 0.25) is 5.91 Å². The van der Waals surface area contributed by atoms with Gasteiger partial charge >= 0.3 is 5.97 Å². The summed E-state index contributed by atoms with van der Waals surface area (Å²) in [4.78, 5) is 28.0. The molecule has 2 N–H and O–H groups in total. The van der Waals surface area contributed by atoms with Crippen molar-refractivity contribution >= 4 is 39.7 Å². The van der Waals surface area contributed by atoms with Gasteiger partial charge in [0.15, 0.2) is 5.13 Å². The number of ether oxygens (including phenoxy) is 2. The highest BCUT2D eigenvalue weighted by Gasteiger charge is 2.10. The van der Waals surface area contributed by atoms with Crippen LogP contribution in [-0.2, 0) is 16.1 Å². The molecule has 0 radical (unpaired) electrons. The summed E-state index contributed by atoms with van der Waals surface area (Å²) >= 11 is 1.41. The maximum atomic E-state index is 12.2. The Hall–Kier alpha value is -3.90. The molecule has 152 valence electrons. The van der Waals surface area contributed by atoms with E-state index in [1.165, 1.54) is 11.3 Å². The first-order valence-electron chi connectivity index (χ1n) is 8.87. The van der Waals surface area contributed by atoms with Crippen molar-refractivity contribution in [2.45, 2.75) is 13.0 Å². The number of hydrogen-bond acceptors (Lipinski definition) is 8. The lowest BCUT2D eigenvalue weighted by Crippen LogP contribution is -2.10. The molecule has 0 atom stereocenters. The first-order valence-corrected chi connectivity index (χ1v) is 9.75. The second kappa shape index (κ2) is 10.0. The van der Waals surface area contributed by atoms with Gasteiger partial charge in [-0.2, -0.15) is 5.26 Å². The number of rotatable bonds is 8. The summed E-state index contributed by atoms with van der Waals surface area (Å²) in [5.41, 5.74) is 2.35. The number of esters is 1. The van der Waals surface area contributed by atoms with Crippen LogP contribution in [0, 0.1) is 11.3 Å². The lowest BCUT2D eigenvalue weighted by atomic mass is 10.2. The van der Waals surface area contributed by atoms with Gasteiger partial charge in [-0.3, -0.25) is 4.79 Å². The summed E-state index contributed by atoms with van der Waals surface area (Å²) in [6.07, 6.45) is -0.229. The smallest absolute Gasteiger partial charge is 0.338 e. The number of nitriles is 1. The predicted octanol–water partition coefficient (Wildman–Crippen LogP) is 4.10. The Balaban J connectivity index is 1.51. The third-order valence-corrected chi connectivity index (χ3v) is 4.69. The Kier molecular flexibility index (Phi) is 6.97. The zero-order valence-electron chi connectivity index (χ0n) is 16.0. The molecule has 0 aliphatic carbocycles. The van der Waals surface area contributed by atoms with Crippen molar-refractivity contribution < 1.29 is 19.1 Å².